The monoisotopic (exact) mass is 259 g/mol. The van der Waals surface area contributed by atoms with Crippen molar-refractivity contribution in [1.82, 2.24) is 9.36 Å². The van der Waals surface area contributed by atoms with Gasteiger partial charge in [0.2, 0.25) is 0 Å². The summed E-state index contributed by atoms with van der Waals surface area (Å²) < 4.78 is 3.49. The zero-order valence-electron chi connectivity index (χ0n) is 9.84. The number of hydrogen-bond donors (Lipinski definition) is 1. The van der Waals surface area contributed by atoms with E-state index in [1.807, 2.05) is 49.0 Å². The van der Waals surface area contributed by atoms with Gasteiger partial charge in [-0.15, -0.1) is 0 Å². The molecule has 1 aromatic carbocycles. The number of nitrogens with two attached hydrogens (primary N) is 1. The van der Waals surface area contributed by atoms with Gasteiger partial charge in [-0.3, -0.25) is 9.48 Å². The molecule has 96 valence electrons. The molecule has 2 rings (SSSR count). The average molecular weight is 259 g/mol. The number of benzene rings is 1. The van der Waals surface area contributed by atoms with Crippen LogP contribution in [0.2, 0.25) is 0 Å². The van der Waals surface area contributed by atoms with Crippen LogP contribution in [0.1, 0.15) is 13.1 Å². The van der Waals surface area contributed by atoms with Crippen molar-refractivity contribution >= 4 is 29.6 Å². The minimum absolute atomic E-state index is 0. The van der Waals surface area contributed by atoms with E-state index in [-0.39, 0.29) is 42.5 Å². The number of hydrogen-bond acceptors (Lipinski definition) is 2. The molecule has 0 aliphatic rings. The van der Waals surface area contributed by atoms with Crippen molar-refractivity contribution in [3.05, 3.63) is 52.4 Å². The zero-order chi connectivity index (χ0) is 12.1. The number of para-hydroxylation sites is 1. The Kier molecular flexibility index (Phi) is 9.94. The Morgan fingerprint density at radius 3 is 2.00 bits per heavy atom. The van der Waals surface area contributed by atoms with E-state index in [0.29, 0.717) is 0 Å². The van der Waals surface area contributed by atoms with Gasteiger partial charge >= 0.3 is 29.6 Å². The quantitative estimate of drug-likeness (QED) is 0.778. The van der Waals surface area contributed by atoms with Gasteiger partial charge in [0.1, 0.15) is 0 Å². The molecule has 0 atom stereocenters. The van der Waals surface area contributed by atoms with Crippen molar-refractivity contribution < 1.29 is 0 Å². The van der Waals surface area contributed by atoms with Crippen LogP contribution in [0.5, 0.6) is 0 Å². The van der Waals surface area contributed by atoms with E-state index in [1.165, 1.54) is 7.05 Å². The van der Waals surface area contributed by atoms with Gasteiger partial charge in [0.25, 0.3) is 5.56 Å². The van der Waals surface area contributed by atoms with Gasteiger partial charge in [-0.05, 0) is 26.1 Å². The van der Waals surface area contributed by atoms with Crippen LogP contribution in [0.3, 0.4) is 0 Å². The molecule has 18 heavy (non-hydrogen) atoms. The fraction of sp³-hybridized carbons (Fsp3) is 0.308. The molecule has 0 radical (unpaired) electrons. The average Bonchev–Trinajstić information content (AvgIpc) is 2.57. The molecule has 2 aromatic rings. The molecule has 0 aliphatic heterocycles. The fourth-order valence-corrected chi connectivity index (χ4v) is 1.51. The summed E-state index contributed by atoms with van der Waals surface area (Å²) in [7, 11) is 3.38. The number of aromatic nitrogens is 2. The van der Waals surface area contributed by atoms with Gasteiger partial charge in [-0.2, -0.15) is 0 Å². The molecular formula is C13H22N3NaO. The van der Waals surface area contributed by atoms with Crippen LogP contribution in [0.25, 0.3) is 5.69 Å². The first-order valence-corrected chi connectivity index (χ1v) is 5.09. The number of nitrogens with zero attached hydrogens (tertiary/aromatic N) is 2. The molecule has 0 saturated heterocycles. The van der Waals surface area contributed by atoms with Crippen molar-refractivity contribution in [2.75, 3.05) is 7.05 Å². The predicted molar refractivity (Wildman–Crippen MR) is 79.7 cm³/mol. The van der Waals surface area contributed by atoms with Gasteiger partial charge < -0.3 is 5.73 Å². The standard InChI is InChI=1S/C11H12N2O.CH5N.CH4.Na.H/c1-9-8-11(14)13(12(9)2)10-6-4-3-5-7-10;1-2;;;/h3-8H,1-2H3;2H2,1H3;1H4;;. The van der Waals surface area contributed by atoms with E-state index in [9.17, 15) is 4.79 Å². The maximum absolute atomic E-state index is 11.6. The maximum atomic E-state index is 11.6. The molecule has 1 aromatic heterocycles. The summed E-state index contributed by atoms with van der Waals surface area (Å²) in [5.74, 6) is 0. The normalized spacial score (nSPS) is 8.44. The molecule has 5 heteroatoms. The van der Waals surface area contributed by atoms with Crippen molar-refractivity contribution in [3.8, 4) is 5.69 Å². The topological polar surface area (TPSA) is 53.0 Å². The molecule has 2 N–H and O–H groups in total. The molecular weight excluding hydrogens is 237 g/mol. The first-order valence-electron chi connectivity index (χ1n) is 5.09. The first kappa shape index (κ1) is 19.5. The zero-order valence-corrected chi connectivity index (χ0v) is 9.84. The van der Waals surface area contributed by atoms with Gasteiger partial charge in [0, 0.05) is 18.8 Å². The second kappa shape index (κ2) is 9.16. The SMILES string of the molecule is C.CN.Cc1cc(=O)n(-c2ccccc2)n1C.[NaH]. The van der Waals surface area contributed by atoms with Gasteiger partial charge in [0.15, 0.2) is 0 Å². The summed E-state index contributed by atoms with van der Waals surface area (Å²) in [4.78, 5) is 11.6. The van der Waals surface area contributed by atoms with Crippen molar-refractivity contribution in [2.24, 2.45) is 12.8 Å². The Labute approximate surface area is 131 Å². The summed E-state index contributed by atoms with van der Waals surface area (Å²) in [5.41, 5.74) is 6.36. The number of rotatable bonds is 1. The van der Waals surface area contributed by atoms with E-state index in [1.54, 1.807) is 10.7 Å². The van der Waals surface area contributed by atoms with Gasteiger partial charge in [0.05, 0.1) is 5.69 Å². The van der Waals surface area contributed by atoms with Crippen molar-refractivity contribution in [2.45, 2.75) is 14.4 Å². The summed E-state index contributed by atoms with van der Waals surface area (Å²) >= 11 is 0. The van der Waals surface area contributed by atoms with Crippen LogP contribution in [0.4, 0.5) is 0 Å². The minimum atomic E-state index is 0. The van der Waals surface area contributed by atoms with E-state index in [0.717, 1.165) is 11.4 Å². The van der Waals surface area contributed by atoms with E-state index >= 15 is 0 Å². The summed E-state index contributed by atoms with van der Waals surface area (Å²) in [6.07, 6.45) is 0. The summed E-state index contributed by atoms with van der Waals surface area (Å²) in [6.45, 7) is 1.92. The van der Waals surface area contributed by atoms with E-state index in [4.69, 9.17) is 0 Å². The van der Waals surface area contributed by atoms with Crippen LogP contribution >= 0.6 is 0 Å². The Bertz CT molecular complexity index is 503. The van der Waals surface area contributed by atoms with Gasteiger partial charge in [-0.1, -0.05) is 25.6 Å². The summed E-state index contributed by atoms with van der Waals surface area (Å²) in [6, 6.07) is 11.2. The Morgan fingerprint density at radius 1 is 1.11 bits per heavy atom. The predicted octanol–water partition coefficient (Wildman–Crippen LogP) is 1.05. The Morgan fingerprint density at radius 2 is 1.61 bits per heavy atom. The molecule has 4 nitrogen and oxygen atoms in total. The van der Waals surface area contributed by atoms with E-state index in [2.05, 4.69) is 5.73 Å². The molecule has 1 heterocycles. The number of aryl methyl sites for hydroxylation is 1. The van der Waals surface area contributed by atoms with E-state index < -0.39 is 0 Å². The summed E-state index contributed by atoms with van der Waals surface area (Å²) in [5, 5.41) is 0. The third-order valence-corrected chi connectivity index (χ3v) is 2.35. The molecule has 0 amide bonds. The second-order valence-corrected chi connectivity index (χ2v) is 3.29. The van der Waals surface area contributed by atoms with Crippen LogP contribution in [0.15, 0.2) is 41.2 Å². The van der Waals surface area contributed by atoms with Crippen LogP contribution in [-0.4, -0.2) is 46.0 Å². The van der Waals surface area contributed by atoms with Crippen molar-refractivity contribution in [3.63, 3.8) is 0 Å². The Balaban J connectivity index is 0. The molecule has 0 aliphatic carbocycles. The molecule has 0 unspecified atom stereocenters. The van der Waals surface area contributed by atoms with Gasteiger partial charge in [-0.25, -0.2) is 4.68 Å². The molecule has 0 spiro atoms. The van der Waals surface area contributed by atoms with Crippen molar-refractivity contribution in [1.29, 1.82) is 0 Å². The molecule has 0 saturated carbocycles. The Hall–Kier alpha value is -0.810. The first-order chi connectivity index (χ1) is 7.70. The van der Waals surface area contributed by atoms with Crippen LogP contribution in [0, 0.1) is 6.92 Å². The third kappa shape index (κ3) is 4.14. The van der Waals surface area contributed by atoms with Crippen LogP contribution in [-0.2, 0) is 7.05 Å². The third-order valence-electron chi connectivity index (χ3n) is 2.35. The second-order valence-electron chi connectivity index (χ2n) is 3.29. The molecule has 0 bridgehead atoms. The fourth-order valence-electron chi connectivity index (χ4n) is 1.51. The molecule has 0 fully saturated rings. The van der Waals surface area contributed by atoms with Crippen LogP contribution < -0.4 is 11.3 Å².